The van der Waals surface area contributed by atoms with Crippen LogP contribution in [0.1, 0.15) is 60.1 Å². The summed E-state index contributed by atoms with van der Waals surface area (Å²) in [4.78, 5) is 39.7. The fourth-order valence-corrected chi connectivity index (χ4v) is 2.87. The monoisotopic (exact) mass is 421 g/mol. The van der Waals surface area contributed by atoms with Gasteiger partial charge in [-0.3, -0.25) is 9.59 Å². The fourth-order valence-electron chi connectivity index (χ4n) is 2.87. The molecule has 0 fully saturated rings. The van der Waals surface area contributed by atoms with Crippen molar-refractivity contribution in [3.05, 3.63) is 29.8 Å². The summed E-state index contributed by atoms with van der Waals surface area (Å²) < 4.78 is 5.28. The second-order valence-corrected chi connectivity index (χ2v) is 8.97. The van der Waals surface area contributed by atoms with Crippen LogP contribution in [0, 0.1) is 5.92 Å². The minimum atomic E-state index is -0.929. The molecule has 168 valence electrons. The van der Waals surface area contributed by atoms with Crippen LogP contribution in [0.3, 0.4) is 0 Å². The fraction of sp³-hybridized carbons (Fsp3) is 0.591. The highest BCUT2D eigenvalue weighted by Crippen LogP contribution is 2.24. The summed E-state index contributed by atoms with van der Waals surface area (Å²) in [6, 6.07) is 4.18. The van der Waals surface area contributed by atoms with Gasteiger partial charge in [0.05, 0.1) is 0 Å². The molecular formula is C22H35N3O5. The van der Waals surface area contributed by atoms with Gasteiger partial charge in [0.15, 0.2) is 0 Å². The molecule has 0 aromatic heterocycles. The molecule has 1 aromatic carbocycles. The molecule has 2 atom stereocenters. The van der Waals surface area contributed by atoms with Crippen molar-refractivity contribution >= 4 is 17.9 Å². The van der Waals surface area contributed by atoms with Gasteiger partial charge in [0, 0.05) is 13.1 Å². The molecule has 0 bridgehead atoms. The molecule has 30 heavy (non-hydrogen) atoms. The molecule has 1 rings (SSSR count). The number of hydrogen-bond acceptors (Lipinski definition) is 5. The molecule has 0 saturated heterocycles. The Bertz CT molecular complexity index is 738. The molecule has 0 saturated carbocycles. The number of amides is 3. The van der Waals surface area contributed by atoms with Crippen LogP contribution in [0.2, 0.25) is 0 Å². The van der Waals surface area contributed by atoms with Gasteiger partial charge in [-0.15, -0.1) is 0 Å². The van der Waals surface area contributed by atoms with Gasteiger partial charge in [-0.1, -0.05) is 26.0 Å². The molecule has 2 unspecified atom stereocenters. The van der Waals surface area contributed by atoms with E-state index < -0.39 is 29.7 Å². The van der Waals surface area contributed by atoms with Gasteiger partial charge in [0.1, 0.15) is 23.4 Å². The average Bonchev–Trinajstić information content (AvgIpc) is 2.58. The van der Waals surface area contributed by atoms with Crippen molar-refractivity contribution in [3.8, 4) is 5.75 Å². The van der Waals surface area contributed by atoms with Crippen LogP contribution in [0.4, 0.5) is 4.79 Å². The van der Waals surface area contributed by atoms with E-state index >= 15 is 0 Å². The first-order valence-electron chi connectivity index (χ1n) is 10.1. The van der Waals surface area contributed by atoms with E-state index in [4.69, 9.17) is 4.74 Å². The van der Waals surface area contributed by atoms with E-state index in [1.807, 2.05) is 13.8 Å². The molecule has 0 heterocycles. The van der Waals surface area contributed by atoms with E-state index in [-0.39, 0.29) is 23.6 Å². The Morgan fingerprint density at radius 3 is 1.97 bits per heavy atom. The number of benzene rings is 1. The number of carbonyl (C=O) groups is 3. The van der Waals surface area contributed by atoms with Crippen molar-refractivity contribution in [1.29, 1.82) is 0 Å². The Morgan fingerprint density at radius 1 is 1.00 bits per heavy atom. The van der Waals surface area contributed by atoms with Gasteiger partial charge in [0.2, 0.25) is 11.8 Å². The van der Waals surface area contributed by atoms with Crippen LogP contribution in [0.15, 0.2) is 24.3 Å². The zero-order chi connectivity index (χ0) is 23.2. The van der Waals surface area contributed by atoms with Crippen molar-refractivity contribution in [2.24, 2.45) is 5.92 Å². The molecule has 3 N–H and O–H groups in total. The number of phenols is 1. The lowest BCUT2D eigenvalue weighted by Crippen LogP contribution is -2.54. The van der Waals surface area contributed by atoms with Crippen LogP contribution >= 0.6 is 0 Å². The SMILES string of the molecule is CC(C)NC(=O)C(c1ccc(O)cc1)N(C)C(=O)C(NC(=O)OC(C)(C)C)C(C)C. The molecule has 0 aliphatic rings. The molecule has 1 aromatic rings. The Morgan fingerprint density at radius 2 is 1.53 bits per heavy atom. The summed E-state index contributed by atoms with van der Waals surface area (Å²) >= 11 is 0. The number of carbonyl (C=O) groups excluding carboxylic acids is 3. The number of phenolic OH excluding ortho intramolecular Hbond substituents is 1. The number of nitrogens with one attached hydrogen (secondary N) is 2. The Labute approximate surface area is 179 Å². The van der Waals surface area contributed by atoms with Gasteiger partial charge in [0.25, 0.3) is 0 Å². The molecule has 0 aliphatic heterocycles. The van der Waals surface area contributed by atoms with E-state index in [0.29, 0.717) is 5.56 Å². The zero-order valence-corrected chi connectivity index (χ0v) is 19.1. The first-order chi connectivity index (χ1) is 13.7. The third kappa shape index (κ3) is 7.57. The molecule has 8 heteroatoms. The minimum absolute atomic E-state index is 0.0578. The third-order valence-corrected chi connectivity index (χ3v) is 4.23. The van der Waals surface area contributed by atoms with E-state index in [1.54, 1.807) is 46.8 Å². The highest BCUT2D eigenvalue weighted by Gasteiger charge is 2.35. The summed E-state index contributed by atoms with van der Waals surface area (Å²) in [7, 11) is 1.52. The van der Waals surface area contributed by atoms with Gasteiger partial charge < -0.3 is 25.4 Å². The number of aromatic hydroxyl groups is 1. The Balaban J connectivity index is 3.19. The van der Waals surface area contributed by atoms with Crippen molar-refractivity contribution in [3.63, 3.8) is 0 Å². The lowest BCUT2D eigenvalue weighted by molar-refractivity contribution is -0.141. The quantitative estimate of drug-likeness (QED) is 0.627. The van der Waals surface area contributed by atoms with Crippen LogP contribution in [-0.4, -0.2) is 52.6 Å². The molecule has 8 nitrogen and oxygen atoms in total. The second-order valence-electron chi connectivity index (χ2n) is 8.97. The Hall–Kier alpha value is -2.77. The summed E-state index contributed by atoms with van der Waals surface area (Å²) in [6.07, 6.45) is -0.698. The van der Waals surface area contributed by atoms with Crippen molar-refractivity contribution < 1.29 is 24.2 Å². The first-order valence-corrected chi connectivity index (χ1v) is 10.1. The van der Waals surface area contributed by atoms with Gasteiger partial charge >= 0.3 is 6.09 Å². The standard InChI is InChI=1S/C22H35N3O5/c1-13(2)17(24-21(29)30-22(5,6)7)20(28)25(8)18(19(27)23-14(3)4)15-9-11-16(26)12-10-15/h9-14,17-18,26H,1-8H3,(H,23,27)(H,24,29). The molecular weight excluding hydrogens is 386 g/mol. The van der Waals surface area contributed by atoms with E-state index in [1.165, 1.54) is 24.1 Å². The summed E-state index contributed by atoms with van der Waals surface area (Å²) in [6.45, 7) is 12.5. The molecule has 3 amide bonds. The number of alkyl carbamates (subject to hydrolysis) is 1. The largest absolute Gasteiger partial charge is 0.508 e. The van der Waals surface area contributed by atoms with Crippen molar-refractivity contribution in [2.75, 3.05) is 7.05 Å². The predicted molar refractivity (Wildman–Crippen MR) is 115 cm³/mol. The maximum absolute atomic E-state index is 13.3. The molecule has 0 radical (unpaired) electrons. The van der Waals surface area contributed by atoms with Gasteiger partial charge in [-0.25, -0.2) is 4.79 Å². The maximum atomic E-state index is 13.3. The lowest BCUT2D eigenvalue weighted by Gasteiger charge is -2.33. The normalized spacial score (nSPS) is 13.5. The first kappa shape index (κ1) is 25.3. The lowest BCUT2D eigenvalue weighted by atomic mass is 9.99. The van der Waals surface area contributed by atoms with Gasteiger partial charge in [-0.2, -0.15) is 0 Å². The zero-order valence-electron chi connectivity index (χ0n) is 19.1. The highest BCUT2D eigenvalue weighted by atomic mass is 16.6. The van der Waals surface area contributed by atoms with Gasteiger partial charge in [-0.05, 0) is 58.2 Å². The summed E-state index contributed by atoms with van der Waals surface area (Å²) in [5, 5.41) is 15.0. The Kier molecular flexibility index (Phi) is 8.69. The highest BCUT2D eigenvalue weighted by molar-refractivity contribution is 5.92. The number of ether oxygens (including phenoxy) is 1. The van der Waals surface area contributed by atoms with E-state index in [0.717, 1.165) is 0 Å². The smallest absolute Gasteiger partial charge is 0.408 e. The topological polar surface area (TPSA) is 108 Å². The number of hydrogen-bond donors (Lipinski definition) is 3. The molecule has 0 aliphatic carbocycles. The van der Waals surface area contributed by atoms with Crippen LogP contribution in [-0.2, 0) is 14.3 Å². The van der Waals surface area contributed by atoms with Crippen LogP contribution in [0.5, 0.6) is 5.75 Å². The van der Waals surface area contributed by atoms with Crippen LogP contribution < -0.4 is 10.6 Å². The third-order valence-electron chi connectivity index (χ3n) is 4.23. The van der Waals surface area contributed by atoms with E-state index in [2.05, 4.69) is 10.6 Å². The number of rotatable bonds is 7. The molecule has 0 spiro atoms. The summed E-state index contributed by atoms with van der Waals surface area (Å²) in [5.74, 6) is -0.956. The predicted octanol–water partition coefficient (Wildman–Crippen LogP) is 2.97. The van der Waals surface area contributed by atoms with Crippen LogP contribution in [0.25, 0.3) is 0 Å². The number of nitrogens with zero attached hydrogens (tertiary/aromatic N) is 1. The summed E-state index contributed by atoms with van der Waals surface area (Å²) in [5.41, 5.74) is -0.159. The van der Waals surface area contributed by atoms with Crippen molar-refractivity contribution in [1.82, 2.24) is 15.5 Å². The van der Waals surface area contributed by atoms with Crippen molar-refractivity contribution in [2.45, 2.75) is 72.2 Å². The van der Waals surface area contributed by atoms with E-state index in [9.17, 15) is 19.5 Å². The average molecular weight is 422 g/mol. The maximum Gasteiger partial charge on any atom is 0.408 e. The second kappa shape index (κ2) is 10.3. The minimum Gasteiger partial charge on any atom is -0.508 e. The number of likely N-dealkylation sites (N-methyl/N-ethyl adjacent to an activating group) is 1.